The molecule has 0 atom stereocenters. The van der Waals surface area contributed by atoms with E-state index in [2.05, 4.69) is 15.5 Å². The zero-order valence-electron chi connectivity index (χ0n) is 16.6. The van der Waals surface area contributed by atoms with Crippen LogP contribution in [0.25, 0.3) is 11.5 Å². The first kappa shape index (κ1) is 20.0. The van der Waals surface area contributed by atoms with Crippen molar-refractivity contribution in [3.63, 3.8) is 0 Å². The van der Waals surface area contributed by atoms with Gasteiger partial charge in [-0.15, -0.1) is 10.2 Å². The first-order valence-electron chi connectivity index (χ1n) is 10.0. The lowest BCUT2D eigenvalue weighted by Gasteiger charge is -2.31. The van der Waals surface area contributed by atoms with Crippen LogP contribution in [0.15, 0.2) is 28.7 Å². The highest BCUT2D eigenvalue weighted by Crippen LogP contribution is 2.20. The summed E-state index contributed by atoms with van der Waals surface area (Å²) in [6.07, 6.45) is 3.14. The molecule has 1 aliphatic heterocycles. The van der Waals surface area contributed by atoms with Crippen LogP contribution in [0.2, 0.25) is 0 Å². The van der Waals surface area contributed by atoms with Gasteiger partial charge in [-0.25, -0.2) is 0 Å². The van der Waals surface area contributed by atoms with Crippen LogP contribution in [-0.4, -0.2) is 46.5 Å². The van der Waals surface area contributed by atoms with E-state index >= 15 is 0 Å². The van der Waals surface area contributed by atoms with Gasteiger partial charge in [0.25, 0.3) is 0 Å². The Kier molecular flexibility index (Phi) is 6.79. The van der Waals surface area contributed by atoms with Gasteiger partial charge < -0.3 is 14.6 Å². The molecule has 0 bridgehead atoms. The Morgan fingerprint density at radius 3 is 2.57 bits per heavy atom. The third-order valence-corrected chi connectivity index (χ3v) is 5.09. The van der Waals surface area contributed by atoms with Gasteiger partial charge in [-0.05, 0) is 38.3 Å². The van der Waals surface area contributed by atoms with Crippen molar-refractivity contribution in [2.24, 2.45) is 5.92 Å². The molecule has 2 heterocycles. The number of carbonyl (C=O) groups excluding carboxylic acids is 2. The predicted molar refractivity (Wildman–Crippen MR) is 105 cm³/mol. The average Bonchev–Trinajstić information content (AvgIpc) is 3.20. The van der Waals surface area contributed by atoms with Gasteiger partial charge in [0.2, 0.25) is 23.6 Å². The van der Waals surface area contributed by atoms with E-state index in [1.54, 1.807) is 0 Å². The van der Waals surface area contributed by atoms with E-state index in [-0.39, 0.29) is 17.7 Å². The molecule has 1 aliphatic rings. The van der Waals surface area contributed by atoms with E-state index in [0.29, 0.717) is 44.3 Å². The first-order valence-corrected chi connectivity index (χ1v) is 10.0. The molecular weight excluding hydrogens is 356 g/mol. The Labute approximate surface area is 165 Å². The van der Waals surface area contributed by atoms with E-state index in [9.17, 15) is 9.59 Å². The van der Waals surface area contributed by atoms with E-state index < -0.39 is 0 Å². The van der Waals surface area contributed by atoms with E-state index in [1.807, 2.05) is 43.0 Å². The maximum Gasteiger partial charge on any atom is 0.247 e. The van der Waals surface area contributed by atoms with Crippen LogP contribution >= 0.6 is 0 Å². The molecule has 1 aromatic carbocycles. The van der Waals surface area contributed by atoms with Gasteiger partial charge in [0.05, 0.1) is 0 Å². The summed E-state index contributed by atoms with van der Waals surface area (Å²) in [5.41, 5.74) is 2.04. The molecule has 0 unspecified atom stereocenters. The lowest BCUT2D eigenvalue weighted by Crippen LogP contribution is -2.43. The number of amides is 2. The summed E-state index contributed by atoms with van der Waals surface area (Å²) in [5, 5.41) is 11.1. The van der Waals surface area contributed by atoms with Crippen LogP contribution in [0.1, 0.15) is 44.1 Å². The molecule has 3 rings (SSSR count). The van der Waals surface area contributed by atoms with Crippen LogP contribution in [0.3, 0.4) is 0 Å². The van der Waals surface area contributed by atoms with Crippen molar-refractivity contribution >= 4 is 11.8 Å². The second kappa shape index (κ2) is 9.48. The molecule has 0 radical (unpaired) electrons. The Morgan fingerprint density at radius 1 is 1.18 bits per heavy atom. The number of nitrogens with zero attached hydrogens (tertiary/aromatic N) is 3. The van der Waals surface area contributed by atoms with Gasteiger partial charge in [-0.2, -0.15) is 0 Å². The number of aryl methyl sites for hydroxylation is 2. The molecule has 1 N–H and O–H groups in total. The molecule has 150 valence electrons. The van der Waals surface area contributed by atoms with Gasteiger partial charge in [-0.1, -0.05) is 24.6 Å². The van der Waals surface area contributed by atoms with E-state index in [0.717, 1.165) is 24.8 Å². The molecule has 2 amide bonds. The largest absolute Gasteiger partial charge is 0.421 e. The second-order valence-corrected chi connectivity index (χ2v) is 7.31. The van der Waals surface area contributed by atoms with Crippen molar-refractivity contribution in [1.29, 1.82) is 0 Å². The Balaban J connectivity index is 1.45. The number of piperidine rings is 1. The summed E-state index contributed by atoms with van der Waals surface area (Å²) in [4.78, 5) is 26.3. The van der Waals surface area contributed by atoms with Crippen molar-refractivity contribution < 1.29 is 14.0 Å². The van der Waals surface area contributed by atoms with E-state index in [1.165, 1.54) is 5.56 Å². The second-order valence-electron chi connectivity index (χ2n) is 7.31. The fourth-order valence-corrected chi connectivity index (χ4v) is 3.32. The summed E-state index contributed by atoms with van der Waals surface area (Å²) in [6, 6.07) is 7.88. The maximum atomic E-state index is 12.5. The van der Waals surface area contributed by atoms with E-state index in [4.69, 9.17) is 4.42 Å². The SMILES string of the molecule is CCCNC(=O)C1CCN(C(=O)CCc2nnc(-c3ccc(C)cc3)o2)CC1. The summed E-state index contributed by atoms with van der Waals surface area (Å²) < 4.78 is 5.69. The minimum Gasteiger partial charge on any atom is -0.421 e. The van der Waals surface area contributed by atoms with Crippen molar-refractivity contribution in [3.8, 4) is 11.5 Å². The van der Waals surface area contributed by atoms with Crippen molar-refractivity contribution in [2.45, 2.75) is 46.0 Å². The highest BCUT2D eigenvalue weighted by molar-refractivity contribution is 5.80. The molecule has 28 heavy (non-hydrogen) atoms. The average molecular weight is 384 g/mol. The standard InChI is InChI=1S/C21H28N4O3/c1-3-12-22-20(27)16-10-13-25(14-11-16)19(26)9-8-18-23-24-21(28-18)17-6-4-15(2)5-7-17/h4-7,16H,3,8-14H2,1-2H3,(H,22,27). The molecule has 0 spiro atoms. The van der Waals surface area contributed by atoms with Crippen LogP contribution in [0.5, 0.6) is 0 Å². The van der Waals surface area contributed by atoms with Gasteiger partial charge in [0.15, 0.2) is 0 Å². The van der Waals surface area contributed by atoms with Crippen LogP contribution in [-0.2, 0) is 16.0 Å². The third kappa shape index (κ3) is 5.18. The highest BCUT2D eigenvalue weighted by Gasteiger charge is 2.27. The molecule has 0 aliphatic carbocycles. The molecule has 2 aromatic rings. The predicted octanol–water partition coefficient (Wildman–Crippen LogP) is 2.74. The molecule has 1 saturated heterocycles. The number of rotatable bonds is 7. The smallest absolute Gasteiger partial charge is 0.247 e. The lowest BCUT2D eigenvalue weighted by molar-refractivity contribution is -0.135. The fourth-order valence-electron chi connectivity index (χ4n) is 3.32. The fraction of sp³-hybridized carbons (Fsp3) is 0.524. The molecule has 7 heteroatoms. The summed E-state index contributed by atoms with van der Waals surface area (Å²) in [7, 11) is 0. The lowest BCUT2D eigenvalue weighted by atomic mass is 9.95. The number of benzene rings is 1. The summed E-state index contributed by atoms with van der Waals surface area (Å²) in [5.74, 6) is 1.15. The van der Waals surface area contributed by atoms with Gasteiger partial charge in [0, 0.05) is 44.0 Å². The number of likely N-dealkylation sites (tertiary alicyclic amines) is 1. The topological polar surface area (TPSA) is 88.3 Å². The third-order valence-electron chi connectivity index (χ3n) is 5.09. The highest BCUT2D eigenvalue weighted by atomic mass is 16.4. The summed E-state index contributed by atoms with van der Waals surface area (Å²) >= 11 is 0. The zero-order valence-corrected chi connectivity index (χ0v) is 16.6. The van der Waals surface area contributed by atoms with Gasteiger partial charge in [0.1, 0.15) is 0 Å². The minimum absolute atomic E-state index is 0.0172. The first-order chi connectivity index (χ1) is 13.6. The monoisotopic (exact) mass is 384 g/mol. The zero-order chi connectivity index (χ0) is 19.9. The number of hydrogen-bond acceptors (Lipinski definition) is 5. The van der Waals surface area contributed by atoms with Gasteiger partial charge >= 0.3 is 0 Å². The van der Waals surface area contributed by atoms with Crippen LogP contribution < -0.4 is 5.32 Å². The molecule has 7 nitrogen and oxygen atoms in total. The van der Waals surface area contributed by atoms with Crippen LogP contribution in [0.4, 0.5) is 0 Å². The minimum atomic E-state index is 0.0172. The van der Waals surface area contributed by atoms with Crippen molar-refractivity contribution in [2.75, 3.05) is 19.6 Å². The Bertz CT molecular complexity index is 792. The quantitative estimate of drug-likeness (QED) is 0.793. The molecule has 1 fully saturated rings. The molecular formula is C21H28N4O3. The van der Waals surface area contributed by atoms with Gasteiger partial charge in [-0.3, -0.25) is 9.59 Å². The molecule has 0 saturated carbocycles. The Hall–Kier alpha value is -2.70. The van der Waals surface area contributed by atoms with Crippen LogP contribution in [0, 0.1) is 12.8 Å². The van der Waals surface area contributed by atoms with Crippen molar-refractivity contribution in [1.82, 2.24) is 20.4 Å². The number of carbonyl (C=O) groups is 2. The maximum absolute atomic E-state index is 12.5. The number of aromatic nitrogens is 2. The summed E-state index contributed by atoms with van der Waals surface area (Å²) in [6.45, 7) is 6.03. The number of nitrogens with one attached hydrogen (secondary N) is 1. The number of hydrogen-bond donors (Lipinski definition) is 1. The molecule has 1 aromatic heterocycles. The Morgan fingerprint density at radius 2 is 1.89 bits per heavy atom. The normalized spacial score (nSPS) is 14.9. The van der Waals surface area contributed by atoms with Crippen molar-refractivity contribution in [3.05, 3.63) is 35.7 Å².